The first-order chi connectivity index (χ1) is 12.1. The lowest BCUT2D eigenvalue weighted by molar-refractivity contribution is -0.121. The number of carbonyl (C=O) groups is 2. The maximum Gasteiger partial charge on any atom is 0.257 e. The summed E-state index contributed by atoms with van der Waals surface area (Å²) >= 11 is 0. The van der Waals surface area contributed by atoms with Crippen molar-refractivity contribution in [3.05, 3.63) is 53.7 Å². The number of nitrogens with zero attached hydrogens (tertiary/aromatic N) is 2. The van der Waals surface area contributed by atoms with Gasteiger partial charge in [-0.1, -0.05) is 6.07 Å². The number of aromatic nitrogens is 1. The molecule has 0 saturated carbocycles. The van der Waals surface area contributed by atoms with Crippen LogP contribution in [0.2, 0.25) is 0 Å². The van der Waals surface area contributed by atoms with E-state index in [9.17, 15) is 9.59 Å². The number of rotatable bonds is 9. The van der Waals surface area contributed by atoms with Crippen LogP contribution in [0, 0.1) is 6.92 Å². The summed E-state index contributed by atoms with van der Waals surface area (Å²) in [6, 6.07) is 5.35. The van der Waals surface area contributed by atoms with Gasteiger partial charge in [-0.3, -0.25) is 14.6 Å². The van der Waals surface area contributed by atoms with Crippen molar-refractivity contribution < 1.29 is 18.7 Å². The van der Waals surface area contributed by atoms with Crippen molar-refractivity contribution in [3.63, 3.8) is 0 Å². The van der Waals surface area contributed by atoms with Crippen molar-refractivity contribution >= 4 is 11.8 Å². The predicted octanol–water partition coefficient (Wildman–Crippen LogP) is 1.78. The monoisotopic (exact) mass is 345 g/mol. The molecule has 0 aliphatic heterocycles. The van der Waals surface area contributed by atoms with Gasteiger partial charge in [-0.2, -0.15) is 0 Å². The van der Waals surface area contributed by atoms with E-state index in [-0.39, 0.29) is 18.2 Å². The Morgan fingerprint density at radius 3 is 2.80 bits per heavy atom. The molecule has 0 saturated heterocycles. The van der Waals surface area contributed by atoms with E-state index in [1.165, 1.54) is 6.26 Å². The molecule has 0 unspecified atom stereocenters. The standard InChI is InChI=1S/C18H23N3O4/c1-14-16(6-10-25-14)18(23)21(9-11-24-2)8-5-17(22)20-13-15-4-3-7-19-12-15/h3-4,6-7,10,12H,5,8-9,11,13H2,1-2H3,(H,20,22). The molecule has 2 rings (SSSR count). The average Bonchev–Trinajstić information content (AvgIpc) is 3.06. The van der Waals surface area contributed by atoms with E-state index < -0.39 is 0 Å². The zero-order valence-corrected chi connectivity index (χ0v) is 14.5. The molecule has 0 spiro atoms. The van der Waals surface area contributed by atoms with Gasteiger partial charge in [0.15, 0.2) is 0 Å². The summed E-state index contributed by atoms with van der Waals surface area (Å²) in [4.78, 5) is 30.3. The molecule has 2 aromatic heterocycles. The Labute approximate surface area is 147 Å². The van der Waals surface area contributed by atoms with Crippen LogP contribution >= 0.6 is 0 Å². The molecule has 1 N–H and O–H groups in total. The lowest BCUT2D eigenvalue weighted by atomic mass is 10.2. The lowest BCUT2D eigenvalue weighted by Gasteiger charge is -2.22. The third kappa shape index (κ3) is 5.72. The number of furan rings is 1. The van der Waals surface area contributed by atoms with Gasteiger partial charge in [0.25, 0.3) is 5.91 Å². The van der Waals surface area contributed by atoms with E-state index in [0.29, 0.717) is 37.6 Å². The van der Waals surface area contributed by atoms with Gasteiger partial charge in [0.05, 0.1) is 18.4 Å². The Kier molecular flexibility index (Phi) is 7.16. The summed E-state index contributed by atoms with van der Waals surface area (Å²) in [5.74, 6) is 0.278. The smallest absolute Gasteiger partial charge is 0.257 e. The SMILES string of the molecule is COCCN(CCC(=O)NCc1cccnc1)C(=O)c1ccoc1C. The molecule has 0 atom stereocenters. The Bertz CT molecular complexity index is 685. The molecule has 134 valence electrons. The fourth-order valence-electron chi connectivity index (χ4n) is 2.32. The molecular weight excluding hydrogens is 322 g/mol. The molecule has 2 amide bonds. The van der Waals surface area contributed by atoms with Crippen molar-refractivity contribution in [3.8, 4) is 0 Å². The summed E-state index contributed by atoms with van der Waals surface area (Å²) < 4.78 is 10.2. The van der Waals surface area contributed by atoms with Crippen LogP contribution in [0.25, 0.3) is 0 Å². The first-order valence-corrected chi connectivity index (χ1v) is 8.09. The Balaban J connectivity index is 1.87. The number of amides is 2. The quantitative estimate of drug-likeness (QED) is 0.749. The van der Waals surface area contributed by atoms with E-state index >= 15 is 0 Å². The number of carbonyl (C=O) groups excluding carboxylic acids is 2. The molecule has 2 aromatic rings. The van der Waals surface area contributed by atoms with Crippen molar-refractivity contribution in [2.45, 2.75) is 19.9 Å². The van der Waals surface area contributed by atoms with Crippen molar-refractivity contribution in [2.24, 2.45) is 0 Å². The van der Waals surface area contributed by atoms with Crippen molar-refractivity contribution in [1.82, 2.24) is 15.2 Å². The Morgan fingerprint density at radius 1 is 1.32 bits per heavy atom. The number of pyridine rings is 1. The molecule has 0 aliphatic rings. The highest BCUT2D eigenvalue weighted by molar-refractivity contribution is 5.95. The average molecular weight is 345 g/mol. The van der Waals surface area contributed by atoms with E-state index in [1.54, 1.807) is 37.4 Å². The number of nitrogens with one attached hydrogen (secondary N) is 1. The van der Waals surface area contributed by atoms with Crippen LogP contribution in [0.15, 0.2) is 41.3 Å². The maximum absolute atomic E-state index is 12.6. The van der Waals surface area contributed by atoms with Gasteiger partial charge < -0.3 is 19.4 Å². The van der Waals surface area contributed by atoms with Gasteiger partial charge in [-0.15, -0.1) is 0 Å². The topological polar surface area (TPSA) is 84.7 Å². The summed E-state index contributed by atoms with van der Waals surface area (Å²) in [5.41, 5.74) is 1.43. The number of hydrogen-bond acceptors (Lipinski definition) is 5. The van der Waals surface area contributed by atoms with Gasteiger partial charge in [-0.25, -0.2) is 0 Å². The second-order valence-electron chi connectivity index (χ2n) is 5.56. The first kappa shape index (κ1) is 18.7. The molecule has 7 nitrogen and oxygen atoms in total. The second-order valence-corrected chi connectivity index (χ2v) is 5.56. The van der Waals surface area contributed by atoms with E-state index in [0.717, 1.165) is 5.56 Å². The zero-order chi connectivity index (χ0) is 18.1. The predicted molar refractivity (Wildman–Crippen MR) is 91.9 cm³/mol. The molecule has 0 aromatic carbocycles. The Morgan fingerprint density at radius 2 is 2.16 bits per heavy atom. The minimum Gasteiger partial charge on any atom is -0.469 e. The zero-order valence-electron chi connectivity index (χ0n) is 14.5. The van der Waals surface area contributed by atoms with Crippen LogP contribution in [0.1, 0.15) is 28.1 Å². The summed E-state index contributed by atoms with van der Waals surface area (Å²) in [7, 11) is 1.58. The highest BCUT2D eigenvalue weighted by atomic mass is 16.5. The van der Waals surface area contributed by atoms with Crippen LogP contribution < -0.4 is 5.32 Å². The highest BCUT2D eigenvalue weighted by Crippen LogP contribution is 2.12. The maximum atomic E-state index is 12.6. The minimum absolute atomic E-state index is 0.122. The van der Waals surface area contributed by atoms with Crippen LogP contribution in [0.3, 0.4) is 0 Å². The third-order valence-electron chi connectivity index (χ3n) is 3.76. The van der Waals surface area contributed by atoms with Gasteiger partial charge in [-0.05, 0) is 24.6 Å². The number of methoxy groups -OCH3 is 1. The normalized spacial score (nSPS) is 10.5. The highest BCUT2D eigenvalue weighted by Gasteiger charge is 2.20. The molecule has 2 heterocycles. The molecular formula is C18H23N3O4. The Hall–Kier alpha value is -2.67. The van der Waals surface area contributed by atoms with Crippen LogP contribution in [-0.2, 0) is 16.1 Å². The van der Waals surface area contributed by atoms with Gasteiger partial charge in [0.2, 0.25) is 5.91 Å². The summed E-state index contributed by atoms with van der Waals surface area (Å²) in [5, 5.41) is 2.83. The molecule has 0 aliphatic carbocycles. The molecule has 0 radical (unpaired) electrons. The van der Waals surface area contributed by atoms with Gasteiger partial charge in [0, 0.05) is 45.6 Å². The first-order valence-electron chi connectivity index (χ1n) is 8.09. The fraction of sp³-hybridized carbons (Fsp3) is 0.389. The molecule has 0 bridgehead atoms. The lowest BCUT2D eigenvalue weighted by Crippen LogP contribution is -2.37. The summed E-state index contributed by atoms with van der Waals surface area (Å²) in [6.45, 7) is 3.28. The van der Waals surface area contributed by atoms with E-state index in [2.05, 4.69) is 10.3 Å². The molecule has 7 heteroatoms. The van der Waals surface area contributed by atoms with Crippen LogP contribution in [0.4, 0.5) is 0 Å². The van der Waals surface area contributed by atoms with E-state index in [1.807, 2.05) is 12.1 Å². The number of ether oxygens (including phenoxy) is 1. The third-order valence-corrected chi connectivity index (χ3v) is 3.76. The van der Waals surface area contributed by atoms with Gasteiger partial charge in [0.1, 0.15) is 5.76 Å². The van der Waals surface area contributed by atoms with Crippen LogP contribution in [0.5, 0.6) is 0 Å². The van der Waals surface area contributed by atoms with Crippen LogP contribution in [-0.4, -0.2) is 48.5 Å². The number of aryl methyl sites for hydroxylation is 1. The fourth-order valence-corrected chi connectivity index (χ4v) is 2.32. The molecule has 25 heavy (non-hydrogen) atoms. The van der Waals surface area contributed by atoms with Crippen molar-refractivity contribution in [2.75, 3.05) is 26.8 Å². The summed E-state index contributed by atoms with van der Waals surface area (Å²) in [6.07, 6.45) is 5.09. The van der Waals surface area contributed by atoms with E-state index in [4.69, 9.17) is 9.15 Å². The minimum atomic E-state index is -0.164. The second kappa shape index (κ2) is 9.58. The number of hydrogen-bond donors (Lipinski definition) is 1. The molecule has 0 fully saturated rings. The van der Waals surface area contributed by atoms with Crippen molar-refractivity contribution in [1.29, 1.82) is 0 Å². The van der Waals surface area contributed by atoms with Gasteiger partial charge >= 0.3 is 0 Å². The largest absolute Gasteiger partial charge is 0.469 e.